The zero-order valence-corrected chi connectivity index (χ0v) is 12.5. The fraction of sp³-hybridized carbons (Fsp3) is 0.133. The van der Waals surface area contributed by atoms with Gasteiger partial charge >= 0.3 is 5.97 Å². The summed E-state index contributed by atoms with van der Waals surface area (Å²) in [5.74, 6) is -0.357. The third-order valence-electron chi connectivity index (χ3n) is 3.36. The van der Waals surface area contributed by atoms with Crippen LogP contribution in [0.25, 0.3) is 0 Å². The Morgan fingerprint density at radius 2 is 2.05 bits per heavy atom. The number of aromatic hydroxyl groups is 1. The topological polar surface area (TPSA) is 94.8 Å². The van der Waals surface area contributed by atoms with E-state index >= 15 is 0 Å². The molecule has 7 heteroatoms. The van der Waals surface area contributed by atoms with Crippen LogP contribution in [0.3, 0.4) is 0 Å². The minimum absolute atomic E-state index is 0.124. The Balaban J connectivity index is 2.09. The number of phenols is 1. The number of nitrogens with zero attached hydrogens (tertiary/aromatic N) is 2. The van der Waals surface area contributed by atoms with Crippen LogP contribution < -0.4 is 5.32 Å². The Bertz CT molecular complexity index is 764. The number of phenolic OH excluding ortho intramolecular Hbond substituents is 1. The number of aliphatic imine (C=N–C) groups is 1. The fourth-order valence-corrected chi connectivity index (χ4v) is 2.85. The van der Waals surface area contributed by atoms with Crippen LogP contribution in [-0.4, -0.2) is 27.0 Å². The summed E-state index contributed by atoms with van der Waals surface area (Å²) in [4.78, 5) is 20.3. The molecule has 22 heavy (non-hydrogen) atoms. The van der Waals surface area contributed by atoms with Gasteiger partial charge in [-0.2, -0.15) is 0 Å². The maximum atomic E-state index is 11.6. The molecule has 3 N–H and O–H groups in total. The van der Waals surface area contributed by atoms with Crippen LogP contribution in [0.1, 0.15) is 24.2 Å². The molecule has 112 valence electrons. The Kier molecular flexibility index (Phi) is 3.64. The first-order chi connectivity index (χ1) is 10.6. The highest BCUT2D eigenvalue weighted by atomic mass is 32.1. The summed E-state index contributed by atoms with van der Waals surface area (Å²) in [5.41, 5.74) is 3.79. The second-order valence-electron chi connectivity index (χ2n) is 4.81. The summed E-state index contributed by atoms with van der Waals surface area (Å²) in [5, 5.41) is 23.7. The number of aliphatic carboxylic acids is 1. The Morgan fingerprint density at radius 1 is 1.32 bits per heavy atom. The molecule has 3 rings (SSSR count). The molecule has 0 saturated carbocycles. The third-order valence-corrected chi connectivity index (χ3v) is 3.94. The van der Waals surface area contributed by atoms with Crippen LogP contribution in [0.15, 0.2) is 51.4 Å². The van der Waals surface area contributed by atoms with Crippen molar-refractivity contribution in [2.45, 2.75) is 13.0 Å². The van der Waals surface area contributed by atoms with Crippen LogP contribution in [0, 0.1) is 0 Å². The molecular formula is C15H13N3O3S. The van der Waals surface area contributed by atoms with Crippen molar-refractivity contribution in [2.24, 2.45) is 4.99 Å². The minimum Gasteiger partial charge on any atom is -0.508 e. The van der Waals surface area contributed by atoms with Gasteiger partial charge in [0.2, 0.25) is 0 Å². The van der Waals surface area contributed by atoms with Crippen LogP contribution >= 0.6 is 11.3 Å². The highest BCUT2D eigenvalue weighted by Crippen LogP contribution is 2.32. The average molecular weight is 315 g/mol. The molecule has 6 nitrogen and oxygen atoms in total. The number of amidine groups is 1. The normalized spacial score (nSPS) is 17.9. The number of thiazole rings is 1. The number of allylic oxidation sites excluding steroid dienone is 1. The molecule has 0 bridgehead atoms. The van der Waals surface area contributed by atoms with Gasteiger partial charge in [-0.05, 0) is 24.6 Å². The van der Waals surface area contributed by atoms with Crippen LogP contribution in [0.5, 0.6) is 5.75 Å². The Hall–Kier alpha value is -2.67. The minimum atomic E-state index is -1.02. The first kappa shape index (κ1) is 14.3. The molecule has 2 heterocycles. The van der Waals surface area contributed by atoms with Crippen molar-refractivity contribution in [3.8, 4) is 5.75 Å². The summed E-state index contributed by atoms with van der Waals surface area (Å²) in [6.45, 7) is 1.71. The van der Waals surface area contributed by atoms with Gasteiger partial charge in [-0.3, -0.25) is 4.99 Å². The molecule has 1 aliphatic rings. The lowest BCUT2D eigenvalue weighted by atomic mass is 9.96. The molecule has 0 amide bonds. The molecule has 1 aromatic heterocycles. The smallest absolute Gasteiger partial charge is 0.335 e. The van der Waals surface area contributed by atoms with Crippen molar-refractivity contribution in [1.29, 1.82) is 0 Å². The molecule has 1 aromatic carbocycles. The van der Waals surface area contributed by atoms with E-state index in [1.54, 1.807) is 24.6 Å². The van der Waals surface area contributed by atoms with Crippen molar-refractivity contribution in [3.05, 3.63) is 57.7 Å². The molecule has 1 aliphatic heterocycles. The number of aromatic nitrogens is 1. The van der Waals surface area contributed by atoms with E-state index in [-0.39, 0.29) is 11.3 Å². The molecule has 0 spiro atoms. The first-order valence-electron chi connectivity index (χ1n) is 6.52. The molecular weight excluding hydrogens is 302 g/mol. The van der Waals surface area contributed by atoms with Crippen LogP contribution in [0.4, 0.5) is 0 Å². The van der Waals surface area contributed by atoms with E-state index in [4.69, 9.17) is 0 Å². The maximum Gasteiger partial charge on any atom is 0.335 e. The van der Waals surface area contributed by atoms with Crippen molar-refractivity contribution in [1.82, 2.24) is 10.3 Å². The fourth-order valence-electron chi connectivity index (χ4n) is 2.31. The second kappa shape index (κ2) is 5.61. The predicted octanol–water partition coefficient (Wildman–Crippen LogP) is 2.30. The third kappa shape index (κ3) is 2.58. The van der Waals surface area contributed by atoms with Gasteiger partial charge in [0.05, 0.1) is 11.1 Å². The molecule has 0 radical (unpaired) electrons. The van der Waals surface area contributed by atoms with Crippen molar-refractivity contribution in [2.75, 3.05) is 0 Å². The van der Waals surface area contributed by atoms with E-state index in [2.05, 4.69) is 15.3 Å². The van der Waals surface area contributed by atoms with Gasteiger partial charge in [-0.15, -0.1) is 11.3 Å². The molecule has 1 unspecified atom stereocenters. The largest absolute Gasteiger partial charge is 0.508 e. The number of carbonyl (C=O) groups is 1. The highest BCUT2D eigenvalue weighted by Gasteiger charge is 2.29. The maximum absolute atomic E-state index is 11.6. The van der Waals surface area contributed by atoms with Crippen molar-refractivity contribution < 1.29 is 15.0 Å². The number of carboxylic acid groups (broad SMARTS) is 1. The van der Waals surface area contributed by atoms with E-state index in [9.17, 15) is 15.0 Å². The summed E-state index contributed by atoms with van der Waals surface area (Å²) in [6, 6.07) is 5.73. The highest BCUT2D eigenvalue weighted by molar-refractivity contribution is 7.07. The SMILES string of the molecule is CC1=C(C(=O)O)C(c2ccc(O)cc2)N=C(c2cscn2)N1. The van der Waals surface area contributed by atoms with E-state index in [0.29, 0.717) is 22.8 Å². The Morgan fingerprint density at radius 3 is 2.64 bits per heavy atom. The number of hydrogen-bond donors (Lipinski definition) is 3. The zero-order chi connectivity index (χ0) is 15.7. The monoisotopic (exact) mass is 315 g/mol. The van der Waals surface area contributed by atoms with Gasteiger partial charge in [-0.1, -0.05) is 12.1 Å². The van der Waals surface area contributed by atoms with Crippen LogP contribution in [-0.2, 0) is 4.79 Å². The Labute approximate surface area is 130 Å². The number of rotatable bonds is 3. The second-order valence-corrected chi connectivity index (χ2v) is 5.53. The van der Waals surface area contributed by atoms with Crippen molar-refractivity contribution in [3.63, 3.8) is 0 Å². The van der Waals surface area contributed by atoms with E-state index in [0.717, 1.165) is 0 Å². The molecule has 0 aliphatic carbocycles. The lowest BCUT2D eigenvalue weighted by molar-refractivity contribution is -0.133. The van der Waals surface area contributed by atoms with Gasteiger partial charge < -0.3 is 15.5 Å². The van der Waals surface area contributed by atoms with E-state index < -0.39 is 12.0 Å². The van der Waals surface area contributed by atoms with Gasteiger partial charge in [0.25, 0.3) is 0 Å². The summed E-state index contributed by atoms with van der Waals surface area (Å²) >= 11 is 1.44. The lowest BCUT2D eigenvalue weighted by Gasteiger charge is -2.24. The summed E-state index contributed by atoms with van der Waals surface area (Å²) in [6.07, 6.45) is 0. The molecule has 1 atom stereocenters. The number of carboxylic acids is 1. The van der Waals surface area contributed by atoms with Gasteiger partial charge in [-0.25, -0.2) is 9.78 Å². The average Bonchev–Trinajstić information content (AvgIpc) is 3.01. The van der Waals surface area contributed by atoms with Gasteiger partial charge in [0.15, 0.2) is 5.84 Å². The predicted molar refractivity (Wildman–Crippen MR) is 83.0 cm³/mol. The quantitative estimate of drug-likeness (QED) is 0.808. The van der Waals surface area contributed by atoms with Gasteiger partial charge in [0, 0.05) is 11.1 Å². The van der Waals surface area contributed by atoms with E-state index in [1.807, 2.05) is 5.38 Å². The summed E-state index contributed by atoms with van der Waals surface area (Å²) in [7, 11) is 0. The van der Waals surface area contributed by atoms with Crippen molar-refractivity contribution >= 4 is 23.1 Å². The molecule has 0 saturated heterocycles. The zero-order valence-electron chi connectivity index (χ0n) is 11.6. The van der Waals surface area contributed by atoms with Gasteiger partial charge in [0.1, 0.15) is 17.5 Å². The first-order valence-corrected chi connectivity index (χ1v) is 7.47. The lowest BCUT2D eigenvalue weighted by Crippen LogP contribution is -2.32. The number of hydrogen-bond acceptors (Lipinski definition) is 6. The molecule has 0 fully saturated rings. The number of benzene rings is 1. The number of nitrogens with one attached hydrogen (secondary N) is 1. The standard InChI is InChI=1S/C15H13N3O3S/c1-8-12(15(20)21)13(9-2-4-10(19)5-3-9)18-14(17-8)11-6-22-7-16-11/h2-7,13,19H,1H3,(H,17,18)(H,20,21). The van der Waals surface area contributed by atoms with E-state index in [1.165, 1.54) is 23.5 Å². The molecule has 2 aromatic rings. The van der Waals surface area contributed by atoms with Crippen LogP contribution in [0.2, 0.25) is 0 Å². The summed E-state index contributed by atoms with van der Waals surface area (Å²) < 4.78 is 0.